The van der Waals surface area contributed by atoms with Crippen molar-refractivity contribution in [3.05, 3.63) is 52.3 Å². The van der Waals surface area contributed by atoms with Crippen LogP contribution in [0.1, 0.15) is 28.6 Å². The van der Waals surface area contributed by atoms with E-state index in [9.17, 15) is 8.78 Å². The van der Waals surface area contributed by atoms with Crippen molar-refractivity contribution >= 4 is 0 Å². The van der Waals surface area contributed by atoms with Crippen molar-refractivity contribution in [1.29, 1.82) is 0 Å². The first kappa shape index (κ1) is 12.7. The predicted molar refractivity (Wildman–Crippen MR) is 65.1 cm³/mol. The summed E-state index contributed by atoms with van der Waals surface area (Å²) in [5, 5.41) is 4.24. The average Bonchev–Trinajstić information content (AvgIpc) is 2.52. The van der Waals surface area contributed by atoms with Gasteiger partial charge in [-0.3, -0.25) is 4.68 Å². The van der Waals surface area contributed by atoms with E-state index in [-0.39, 0.29) is 5.56 Å². The Hall–Kier alpha value is -1.75. The molecule has 2 N–H and O–H groups in total. The van der Waals surface area contributed by atoms with Crippen molar-refractivity contribution < 1.29 is 8.78 Å². The van der Waals surface area contributed by atoms with E-state index >= 15 is 0 Å². The molecule has 1 aromatic heterocycles. The third-order valence-electron chi connectivity index (χ3n) is 3.17. The first-order chi connectivity index (χ1) is 8.41. The number of hydrogen-bond donors (Lipinski definition) is 1. The first-order valence-electron chi connectivity index (χ1n) is 5.62. The number of benzene rings is 1. The fourth-order valence-corrected chi connectivity index (χ4v) is 2.15. The van der Waals surface area contributed by atoms with Crippen molar-refractivity contribution in [2.75, 3.05) is 0 Å². The summed E-state index contributed by atoms with van der Waals surface area (Å²) in [6.45, 7) is 3.69. The summed E-state index contributed by atoms with van der Waals surface area (Å²) in [5.41, 5.74) is 8.75. The molecule has 0 saturated carbocycles. The van der Waals surface area contributed by atoms with Crippen molar-refractivity contribution in [3.63, 3.8) is 0 Å². The van der Waals surface area contributed by atoms with Crippen LogP contribution in [0.5, 0.6) is 0 Å². The van der Waals surface area contributed by atoms with Gasteiger partial charge in [-0.25, -0.2) is 8.78 Å². The number of hydrogen-bond acceptors (Lipinski definition) is 2. The lowest BCUT2D eigenvalue weighted by atomic mass is 9.97. The summed E-state index contributed by atoms with van der Waals surface area (Å²) in [6.07, 6.45) is 0. The number of aromatic nitrogens is 2. The minimum absolute atomic E-state index is 0.274. The van der Waals surface area contributed by atoms with Crippen LogP contribution in [0.4, 0.5) is 8.78 Å². The fraction of sp³-hybridized carbons (Fsp3) is 0.308. The molecule has 0 radical (unpaired) electrons. The van der Waals surface area contributed by atoms with Crippen LogP contribution in [0, 0.1) is 25.5 Å². The van der Waals surface area contributed by atoms with Gasteiger partial charge in [-0.2, -0.15) is 5.10 Å². The van der Waals surface area contributed by atoms with Gasteiger partial charge in [0.05, 0.1) is 11.7 Å². The monoisotopic (exact) mass is 251 g/mol. The van der Waals surface area contributed by atoms with Crippen molar-refractivity contribution in [3.8, 4) is 0 Å². The summed E-state index contributed by atoms with van der Waals surface area (Å²) >= 11 is 0. The topological polar surface area (TPSA) is 43.8 Å². The minimum atomic E-state index is -0.640. The highest BCUT2D eigenvalue weighted by molar-refractivity contribution is 5.37. The van der Waals surface area contributed by atoms with Gasteiger partial charge in [0.15, 0.2) is 0 Å². The predicted octanol–water partition coefficient (Wildman–Crippen LogP) is 2.36. The number of aryl methyl sites for hydroxylation is 2. The quantitative estimate of drug-likeness (QED) is 0.890. The van der Waals surface area contributed by atoms with Gasteiger partial charge in [-0.05, 0) is 19.9 Å². The van der Waals surface area contributed by atoms with Gasteiger partial charge in [-0.1, -0.05) is 6.07 Å². The molecular weight excluding hydrogens is 236 g/mol. The second-order valence-corrected chi connectivity index (χ2v) is 4.35. The van der Waals surface area contributed by atoms with Crippen LogP contribution in [0.3, 0.4) is 0 Å². The molecule has 3 nitrogen and oxygen atoms in total. The van der Waals surface area contributed by atoms with Crippen LogP contribution in [-0.4, -0.2) is 9.78 Å². The summed E-state index contributed by atoms with van der Waals surface area (Å²) in [4.78, 5) is 0. The Kier molecular flexibility index (Phi) is 3.17. The number of nitrogens with zero attached hydrogens (tertiary/aromatic N) is 2. The van der Waals surface area contributed by atoms with E-state index in [2.05, 4.69) is 5.10 Å². The molecule has 18 heavy (non-hydrogen) atoms. The van der Waals surface area contributed by atoms with Crippen LogP contribution in [0.2, 0.25) is 0 Å². The molecule has 0 bridgehead atoms. The Morgan fingerprint density at radius 3 is 2.44 bits per heavy atom. The highest BCUT2D eigenvalue weighted by atomic mass is 19.1. The van der Waals surface area contributed by atoms with E-state index in [1.807, 2.05) is 13.8 Å². The molecule has 1 heterocycles. The fourth-order valence-electron chi connectivity index (χ4n) is 2.15. The number of nitrogens with two attached hydrogens (primary N) is 1. The van der Waals surface area contributed by atoms with Crippen LogP contribution in [0.15, 0.2) is 18.2 Å². The third-order valence-corrected chi connectivity index (χ3v) is 3.17. The lowest BCUT2D eigenvalue weighted by Crippen LogP contribution is -2.15. The molecule has 2 aromatic rings. The minimum Gasteiger partial charge on any atom is -0.320 e. The molecule has 0 aliphatic rings. The van der Waals surface area contributed by atoms with E-state index in [0.717, 1.165) is 23.0 Å². The Bertz CT molecular complexity index is 590. The Labute approximate surface area is 104 Å². The highest BCUT2D eigenvalue weighted by Gasteiger charge is 2.21. The van der Waals surface area contributed by atoms with Gasteiger partial charge >= 0.3 is 0 Å². The molecule has 0 fully saturated rings. The zero-order chi connectivity index (χ0) is 13.4. The second kappa shape index (κ2) is 4.49. The summed E-state index contributed by atoms with van der Waals surface area (Å²) in [7, 11) is 1.81. The van der Waals surface area contributed by atoms with Crippen LogP contribution < -0.4 is 5.73 Å². The molecule has 0 aliphatic carbocycles. The Morgan fingerprint density at radius 2 is 1.94 bits per heavy atom. The molecule has 5 heteroatoms. The van der Waals surface area contributed by atoms with Gasteiger partial charge < -0.3 is 5.73 Å². The molecule has 2 rings (SSSR count). The maximum absolute atomic E-state index is 13.7. The largest absolute Gasteiger partial charge is 0.320 e. The standard InChI is InChI=1S/C13H15F2N3/c1-7-12(8(2)18(3)17-7)13(16)10-5-4-9(14)6-11(10)15/h4-6,13H,16H2,1-3H3. The van der Waals surface area contributed by atoms with E-state index in [4.69, 9.17) is 5.73 Å². The van der Waals surface area contributed by atoms with Gasteiger partial charge in [0, 0.05) is 29.9 Å². The van der Waals surface area contributed by atoms with E-state index in [1.54, 1.807) is 11.7 Å². The van der Waals surface area contributed by atoms with Crippen molar-refractivity contribution in [2.45, 2.75) is 19.9 Å². The maximum atomic E-state index is 13.7. The third kappa shape index (κ3) is 2.01. The SMILES string of the molecule is Cc1nn(C)c(C)c1C(N)c1ccc(F)cc1F. The van der Waals surface area contributed by atoms with Gasteiger partial charge in [0.2, 0.25) is 0 Å². The van der Waals surface area contributed by atoms with Crippen LogP contribution in [0.25, 0.3) is 0 Å². The van der Waals surface area contributed by atoms with Crippen molar-refractivity contribution in [1.82, 2.24) is 9.78 Å². The maximum Gasteiger partial charge on any atom is 0.131 e. The van der Waals surface area contributed by atoms with Crippen LogP contribution >= 0.6 is 0 Å². The molecule has 0 aliphatic heterocycles. The normalized spacial score (nSPS) is 12.8. The van der Waals surface area contributed by atoms with Gasteiger partial charge in [0.1, 0.15) is 11.6 Å². The molecular formula is C13H15F2N3. The Balaban J connectivity index is 2.51. The molecule has 0 spiro atoms. The van der Waals surface area contributed by atoms with Crippen LogP contribution in [-0.2, 0) is 7.05 Å². The second-order valence-electron chi connectivity index (χ2n) is 4.35. The molecule has 1 atom stereocenters. The zero-order valence-electron chi connectivity index (χ0n) is 10.5. The molecule has 0 saturated heterocycles. The summed E-state index contributed by atoms with van der Waals surface area (Å²) < 4.78 is 28.3. The summed E-state index contributed by atoms with van der Waals surface area (Å²) in [5.74, 6) is -1.24. The van der Waals surface area contributed by atoms with E-state index in [1.165, 1.54) is 12.1 Å². The van der Waals surface area contributed by atoms with Gasteiger partial charge in [0.25, 0.3) is 0 Å². The molecule has 1 unspecified atom stereocenters. The van der Waals surface area contributed by atoms with E-state index < -0.39 is 17.7 Å². The lowest BCUT2D eigenvalue weighted by molar-refractivity contribution is 0.565. The highest BCUT2D eigenvalue weighted by Crippen LogP contribution is 2.27. The molecule has 96 valence electrons. The van der Waals surface area contributed by atoms with E-state index in [0.29, 0.717) is 0 Å². The number of rotatable bonds is 2. The smallest absolute Gasteiger partial charge is 0.131 e. The number of halogens is 2. The molecule has 1 aromatic carbocycles. The molecule has 0 amide bonds. The van der Waals surface area contributed by atoms with Crippen molar-refractivity contribution in [2.24, 2.45) is 12.8 Å². The van der Waals surface area contributed by atoms with Gasteiger partial charge in [-0.15, -0.1) is 0 Å². The summed E-state index contributed by atoms with van der Waals surface area (Å²) in [6, 6.07) is 2.79. The first-order valence-corrected chi connectivity index (χ1v) is 5.62. The zero-order valence-corrected chi connectivity index (χ0v) is 10.5. The Morgan fingerprint density at radius 1 is 1.28 bits per heavy atom. The average molecular weight is 251 g/mol. The lowest BCUT2D eigenvalue weighted by Gasteiger charge is -2.14.